The molecule has 1 aromatic rings. The topological polar surface area (TPSA) is 35.2 Å². The summed E-state index contributed by atoms with van der Waals surface area (Å²) < 4.78 is 6.57. The van der Waals surface area contributed by atoms with Crippen molar-refractivity contribution in [2.24, 2.45) is 5.41 Å². The molecule has 14 heavy (non-hydrogen) atoms. The minimum absolute atomic E-state index is 0.164. The van der Waals surface area contributed by atoms with Crippen molar-refractivity contribution in [3.05, 3.63) is 22.7 Å². The highest BCUT2D eigenvalue weighted by molar-refractivity contribution is 9.10. The highest BCUT2D eigenvalue weighted by atomic mass is 79.9. The standard InChI is InChI=1S/C11H16BrNO/c1-11(2,3)7-14-10-5-8(12)4-9(13)6-10/h4-6H,7,13H2,1-3H3. The molecule has 2 nitrogen and oxygen atoms in total. The molecule has 0 aliphatic rings. The van der Waals surface area contributed by atoms with Crippen LogP contribution in [0.5, 0.6) is 5.75 Å². The van der Waals surface area contributed by atoms with Gasteiger partial charge in [0.25, 0.3) is 0 Å². The lowest BCUT2D eigenvalue weighted by Crippen LogP contribution is -2.16. The lowest BCUT2D eigenvalue weighted by Gasteiger charge is -2.19. The fourth-order valence-electron chi connectivity index (χ4n) is 0.968. The van der Waals surface area contributed by atoms with E-state index in [1.807, 2.05) is 18.2 Å². The average Bonchev–Trinajstić information content (AvgIpc) is 1.97. The van der Waals surface area contributed by atoms with Gasteiger partial charge >= 0.3 is 0 Å². The number of anilines is 1. The molecule has 0 spiro atoms. The van der Waals surface area contributed by atoms with E-state index in [-0.39, 0.29) is 5.41 Å². The van der Waals surface area contributed by atoms with Crippen LogP contribution in [0.25, 0.3) is 0 Å². The molecule has 0 radical (unpaired) electrons. The number of nitrogens with two attached hydrogens (primary N) is 1. The molecule has 0 atom stereocenters. The van der Waals surface area contributed by atoms with Crippen LogP contribution in [0.4, 0.5) is 5.69 Å². The van der Waals surface area contributed by atoms with Crippen molar-refractivity contribution >= 4 is 21.6 Å². The first-order chi connectivity index (χ1) is 6.37. The van der Waals surface area contributed by atoms with Crippen LogP contribution in [0.1, 0.15) is 20.8 Å². The molecule has 0 saturated carbocycles. The maximum atomic E-state index is 5.69. The summed E-state index contributed by atoms with van der Waals surface area (Å²) in [6.45, 7) is 7.08. The molecular formula is C11H16BrNO. The van der Waals surface area contributed by atoms with Crippen LogP contribution < -0.4 is 10.5 Å². The summed E-state index contributed by atoms with van der Waals surface area (Å²) in [6, 6.07) is 5.60. The van der Waals surface area contributed by atoms with Gasteiger partial charge in [-0.1, -0.05) is 36.7 Å². The second kappa shape index (κ2) is 4.22. The summed E-state index contributed by atoms with van der Waals surface area (Å²) in [7, 11) is 0. The van der Waals surface area contributed by atoms with Crippen molar-refractivity contribution in [3.63, 3.8) is 0 Å². The Bertz CT molecular complexity index is 297. The summed E-state index contributed by atoms with van der Waals surface area (Å²) >= 11 is 3.37. The Labute approximate surface area is 93.6 Å². The Morgan fingerprint density at radius 3 is 2.43 bits per heavy atom. The third kappa shape index (κ3) is 4.01. The summed E-state index contributed by atoms with van der Waals surface area (Å²) in [5.41, 5.74) is 6.56. The van der Waals surface area contributed by atoms with E-state index in [2.05, 4.69) is 36.7 Å². The van der Waals surface area contributed by atoms with Crippen LogP contribution in [0, 0.1) is 5.41 Å². The number of hydrogen-bond donors (Lipinski definition) is 1. The highest BCUT2D eigenvalue weighted by Gasteiger charge is 2.11. The molecule has 0 aliphatic carbocycles. The zero-order chi connectivity index (χ0) is 10.8. The fraction of sp³-hybridized carbons (Fsp3) is 0.455. The van der Waals surface area contributed by atoms with Gasteiger partial charge in [-0.3, -0.25) is 0 Å². The smallest absolute Gasteiger partial charge is 0.122 e. The average molecular weight is 258 g/mol. The van der Waals surface area contributed by atoms with Gasteiger partial charge in [0.15, 0.2) is 0 Å². The van der Waals surface area contributed by atoms with Crippen LogP contribution in [-0.2, 0) is 0 Å². The monoisotopic (exact) mass is 257 g/mol. The van der Waals surface area contributed by atoms with Gasteiger partial charge in [0.1, 0.15) is 5.75 Å². The number of rotatable bonds is 2. The first kappa shape index (κ1) is 11.4. The number of benzene rings is 1. The van der Waals surface area contributed by atoms with Gasteiger partial charge in [-0.2, -0.15) is 0 Å². The van der Waals surface area contributed by atoms with E-state index >= 15 is 0 Å². The van der Waals surface area contributed by atoms with E-state index < -0.39 is 0 Å². The Morgan fingerprint density at radius 1 is 1.29 bits per heavy atom. The van der Waals surface area contributed by atoms with E-state index in [4.69, 9.17) is 10.5 Å². The van der Waals surface area contributed by atoms with Crippen molar-refractivity contribution in [1.29, 1.82) is 0 Å². The number of ether oxygens (including phenoxy) is 1. The van der Waals surface area contributed by atoms with Crippen LogP contribution in [0.2, 0.25) is 0 Å². The van der Waals surface area contributed by atoms with Gasteiger partial charge < -0.3 is 10.5 Å². The van der Waals surface area contributed by atoms with E-state index in [1.54, 1.807) is 0 Å². The lowest BCUT2D eigenvalue weighted by molar-refractivity contribution is 0.198. The Balaban J connectivity index is 2.68. The lowest BCUT2D eigenvalue weighted by atomic mass is 9.99. The minimum atomic E-state index is 0.164. The van der Waals surface area contributed by atoms with E-state index in [9.17, 15) is 0 Å². The molecule has 3 heteroatoms. The quantitative estimate of drug-likeness (QED) is 0.824. The first-order valence-electron chi connectivity index (χ1n) is 4.56. The normalized spacial score (nSPS) is 11.4. The highest BCUT2D eigenvalue weighted by Crippen LogP contribution is 2.24. The summed E-state index contributed by atoms with van der Waals surface area (Å²) in [4.78, 5) is 0. The third-order valence-corrected chi connectivity index (χ3v) is 2.02. The predicted octanol–water partition coefficient (Wildman–Crippen LogP) is 3.46. The maximum Gasteiger partial charge on any atom is 0.122 e. The fourth-order valence-corrected chi connectivity index (χ4v) is 1.46. The molecule has 0 bridgehead atoms. The molecule has 0 aromatic heterocycles. The molecule has 0 saturated heterocycles. The van der Waals surface area contributed by atoms with Gasteiger partial charge in [0.2, 0.25) is 0 Å². The molecule has 0 aliphatic heterocycles. The van der Waals surface area contributed by atoms with Crippen molar-refractivity contribution in [3.8, 4) is 5.75 Å². The van der Waals surface area contributed by atoms with Crippen LogP contribution in [0.3, 0.4) is 0 Å². The molecule has 2 N–H and O–H groups in total. The van der Waals surface area contributed by atoms with Gasteiger partial charge in [0, 0.05) is 16.2 Å². The molecule has 1 rings (SSSR count). The molecular weight excluding hydrogens is 242 g/mol. The SMILES string of the molecule is CC(C)(C)COc1cc(N)cc(Br)c1. The van der Waals surface area contributed by atoms with Gasteiger partial charge in [-0.25, -0.2) is 0 Å². The van der Waals surface area contributed by atoms with Gasteiger partial charge in [-0.05, 0) is 17.5 Å². The van der Waals surface area contributed by atoms with Crippen molar-refractivity contribution in [2.75, 3.05) is 12.3 Å². The largest absolute Gasteiger partial charge is 0.493 e. The molecule has 78 valence electrons. The van der Waals surface area contributed by atoms with E-state index in [0.29, 0.717) is 12.3 Å². The first-order valence-corrected chi connectivity index (χ1v) is 5.35. The van der Waals surface area contributed by atoms with Gasteiger partial charge in [0.05, 0.1) is 6.61 Å². The Hall–Kier alpha value is -0.700. The second-order valence-electron chi connectivity index (χ2n) is 4.57. The summed E-state index contributed by atoms with van der Waals surface area (Å²) in [5.74, 6) is 0.812. The summed E-state index contributed by atoms with van der Waals surface area (Å²) in [6.07, 6.45) is 0. The second-order valence-corrected chi connectivity index (χ2v) is 5.49. The van der Waals surface area contributed by atoms with E-state index in [0.717, 1.165) is 10.2 Å². The van der Waals surface area contributed by atoms with Crippen LogP contribution >= 0.6 is 15.9 Å². The number of hydrogen-bond acceptors (Lipinski definition) is 2. The molecule has 0 unspecified atom stereocenters. The van der Waals surface area contributed by atoms with Crippen molar-refractivity contribution in [2.45, 2.75) is 20.8 Å². The van der Waals surface area contributed by atoms with E-state index in [1.165, 1.54) is 0 Å². The zero-order valence-corrected chi connectivity index (χ0v) is 10.4. The Kier molecular flexibility index (Phi) is 3.43. The molecule has 0 fully saturated rings. The van der Waals surface area contributed by atoms with Crippen molar-refractivity contribution in [1.82, 2.24) is 0 Å². The number of halogens is 1. The molecule has 1 aromatic carbocycles. The van der Waals surface area contributed by atoms with Crippen LogP contribution in [-0.4, -0.2) is 6.61 Å². The number of nitrogen functional groups attached to an aromatic ring is 1. The zero-order valence-electron chi connectivity index (χ0n) is 8.80. The van der Waals surface area contributed by atoms with Crippen LogP contribution in [0.15, 0.2) is 22.7 Å². The third-order valence-electron chi connectivity index (χ3n) is 1.57. The molecule has 0 heterocycles. The van der Waals surface area contributed by atoms with Crippen molar-refractivity contribution < 1.29 is 4.74 Å². The van der Waals surface area contributed by atoms with Gasteiger partial charge in [-0.15, -0.1) is 0 Å². The maximum absolute atomic E-state index is 5.69. The Morgan fingerprint density at radius 2 is 1.93 bits per heavy atom. The minimum Gasteiger partial charge on any atom is -0.493 e. The summed E-state index contributed by atoms with van der Waals surface area (Å²) in [5, 5.41) is 0. The molecule has 0 amide bonds. The predicted molar refractivity (Wildman–Crippen MR) is 63.5 cm³/mol.